The van der Waals surface area contributed by atoms with E-state index in [9.17, 15) is 15.2 Å². The molecule has 1 aromatic rings. The molecule has 0 radical (unpaired) electrons. The van der Waals surface area contributed by atoms with Gasteiger partial charge in [-0.25, -0.2) is 10.4 Å². The zero-order valence-electron chi connectivity index (χ0n) is 13.0. The fraction of sp³-hybridized carbons (Fsp3) is 0.500. The van der Waals surface area contributed by atoms with Gasteiger partial charge in [0.2, 0.25) is 11.7 Å². The molecule has 1 heterocycles. The van der Waals surface area contributed by atoms with Crippen LogP contribution < -0.4 is 24.8 Å². The van der Waals surface area contributed by atoms with E-state index in [1.54, 1.807) is 6.07 Å². The monoisotopic (exact) mass is 390 g/mol. The van der Waals surface area contributed by atoms with Gasteiger partial charge >= 0.3 is 0 Å². The molecule has 3 atom stereocenters. The third-order valence-corrected chi connectivity index (χ3v) is 4.67. The molecule has 1 aliphatic rings. The molecule has 8 nitrogen and oxygen atoms in total. The maximum Gasteiger partial charge on any atom is 0.220 e. The number of ether oxygens (including phenoxy) is 3. The maximum absolute atomic E-state index is 11.8. The van der Waals surface area contributed by atoms with Crippen LogP contribution in [0, 0.1) is 5.21 Å². The Hall–Kier alpha value is -1.55. The Bertz CT molecular complexity index is 595. The minimum atomic E-state index is -0.962. The van der Waals surface area contributed by atoms with Gasteiger partial charge in [0.25, 0.3) is 0 Å². The molecule has 0 bridgehead atoms. The van der Waals surface area contributed by atoms with Crippen molar-refractivity contribution in [1.82, 2.24) is 5.32 Å². The van der Waals surface area contributed by atoms with E-state index in [-0.39, 0.29) is 18.7 Å². The summed E-state index contributed by atoms with van der Waals surface area (Å²) < 4.78 is 16.5. The fourth-order valence-electron chi connectivity index (χ4n) is 2.73. The van der Waals surface area contributed by atoms with E-state index in [2.05, 4.69) is 21.2 Å². The van der Waals surface area contributed by atoms with Gasteiger partial charge in [-0.1, -0.05) is 0 Å². The Kier molecular flexibility index (Phi) is 5.69. The molecule has 23 heavy (non-hydrogen) atoms. The van der Waals surface area contributed by atoms with Crippen LogP contribution in [-0.2, 0) is 4.79 Å². The summed E-state index contributed by atoms with van der Waals surface area (Å²) in [7, 11) is 4.43. The third-order valence-electron chi connectivity index (χ3n) is 3.85. The van der Waals surface area contributed by atoms with E-state index < -0.39 is 17.3 Å². The first-order valence-corrected chi connectivity index (χ1v) is 7.74. The first kappa shape index (κ1) is 17.8. The van der Waals surface area contributed by atoms with E-state index in [4.69, 9.17) is 14.2 Å². The van der Waals surface area contributed by atoms with Gasteiger partial charge in [0.15, 0.2) is 11.5 Å². The van der Waals surface area contributed by atoms with Gasteiger partial charge in [0.05, 0.1) is 25.8 Å². The number of benzene rings is 1. The number of amides is 1. The SMILES string of the molecule is COc1cc([C@@H]2NC(=O)CC[C@@H]2[NH+]([O-])O)c(Br)c(OC)c1OC. The number of carbonyl (C=O) groups is 1. The van der Waals surface area contributed by atoms with Gasteiger partial charge < -0.3 is 24.7 Å². The van der Waals surface area contributed by atoms with Crippen LogP contribution in [0.5, 0.6) is 17.2 Å². The highest BCUT2D eigenvalue weighted by Gasteiger charge is 2.37. The molecule has 0 aliphatic carbocycles. The molecule has 2 rings (SSSR count). The summed E-state index contributed by atoms with van der Waals surface area (Å²) in [5, 5.41) is 22.8. The Morgan fingerprint density at radius 2 is 1.96 bits per heavy atom. The summed E-state index contributed by atoms with van der Waals surface area (Å²) >= 11 is 3.42. The Morgan fingerprint density at radius 3 is 2.48 bits per heavy atom. The molecule has 1 amide bonds. The van der Waals surface area contributed by atoms with Gasteiger partial charge in [-0.3, -0.25) is 4.79 Å². The number of halogens is 1. The van der Waals surface area contributed by atoms with E-state index in [0.29, 0.717) is 27.3 Å². The van der Waals surface area contributed by atoms with Crippen LogP contribution in [0.25, 0.3) is 0 Å². The molecule has 0 spiro atoms. The number of carbonyl (C=O) groups excluding carboxylic acids is 1. The minimum Gasteiger partial charge on any atom is -0.600 e. The lowest BCUT2D eigenvalue weighted by Crippen LogP contribution is -3.10. The molecular formula is C14H19BrN2O6. The standard InChI is InChI=1S/C14H19BrN2O6/c1-21-9-6-7(11(15)14(23-3)13(9)22-2)12-8(17(19)20)4-5-10(18)16-12/h6,8,12,17,19H,4-5H2,1-3H3,(H,16,18)/t8-,12-/m0/s1. The zero-order chi connectivity index (χ0) is 17.1. The highest BCUT2D eigenvalue weighted by Crippen LogP contribution is 2.47. The van der Waals surface area contributed by atoms with Crippen LogP contribution in [0.2, 0.25) is 0 Å². The molecule has 9 heteroatoms. The van der Waals surface area contributed by atoms with Gasteiger partial charge in [0, 0.05) is 18.4 Å². The highest BCUT2D eigenvalue weighted by atomic mass is 79.9. The Balaban J connectivity index is 2.58. The Labute approximate surface area is 142 Å². The van der Waals surface area contributed by atoms with Crippen LogP contribution in [0.15, 0.2) is 10.5 Å². The lowest BCUT2D eigenvalue weighted by atomic mass is 9.92. The van der Waals surface area contributed by atoms with Gasteiger partial charge in [-0.05, 0) is 22.0 Å². The number of hydroxylamine groups is 2. The molecule has 1 fully saturated rings. The molecule has 1 aromatic carbocycles. The molecule has 0 saturated carbocycles. The van der Waals surface area contributed by atoms with E-state index in [1.807, 2.05) is 0 Å². The lowest BCUT2D eigenvalue weighted by molar-refractivity contribution is -1.07. The summed E-state index contributed by atoms with van der Waals surface area (Å²) in [6.07, 6.45) is 0.463. The predicted octanol–water partition coefficient (Wildman–Crippen LogP) is 0.567. The summed E-state index contributed by atoms with van der Waals surface area (Å²) in [4.78, 5) is 11.8. The van der Waals surface area contributed by atoms with Crippen molar-refractivity contribution in [2.75, 3.05) is 21.3 Å². The minimum absolute atomic E-state index is 0.187. The number of nitrogens with one attached hydrogen (secondary N) is 2. The van der Waals surface area contributed by atoms with Crippen LogP contribution in [-0.4, -0.2) is 38.5 Å². The number of rotatable bonds is 5. The van der Waals surface area contributed by atoms with Crippen molar-refractivity contribution < 1.29 is 29.4 Å². The average Bonchev–Trinajstić information content (AvgIpc) is 2.53. The maximum atomic E-state index is 11.8. The number of piperidine rings is 1. The van der Waals surface area contributed by atoms with Crippen molar-refractivity contribution in [3.05, 3.63) is 21.3 Å². The second-order valence-corrected chi connectivity index (χ2v) is 5.87. The number of hydrogen-bond donors (Lipinski definition) is 3. The van der Waals surface area contributed by atoms with Crippen molar-refractivity contribution in [3.63, 3.8) is 0 Å². The smallest absolute Gasteiger partial charge is 0.220 e. The predicted molar refractivity (Wildman–Crippen MR) is 83.8 cm³/mol. The van der Waals surface area contributed by atoms with Crippen LogP contribution >= 0.6 is 15.9 Å². The second-order valence-electron chi connectivity index (χ2n) is 5.08. The second kappa shape index (κ2) is 7.35. The third kappa shape index (κ3) is 3.37. The molecule has 3 N–H and O–H groups in total. The number of hydrogen-bond acceptors (Lipinski definition) is 6. The molecule has 1 unspecified atom stereocenters. The quantitative estimate of drug-likeness (QED) is 0.634. The first-order chi connectivity index (χ1) is 10.9. The van der Waals surface area contributed by atoms with Gasteiger partial charge in [-0.15, -0.1) is 0 Å². The van der Waals surface area contributed by atoms with Gasteiger partial charge in [-0.2, -0.15) is 0 Å². The molecule has 1 saturated heterocycles. The van der Waals surface area contributed by atoms with Gasteiger partial charge in [0.1, 0.15) is 12.1 Å². The largest absolute Gasteiger partial charge is 0.600 e. The van der Waals surface area contributed by atoms with E-state index >= 15 is 0 Å². The van der Waals surface area contributed by atoms with E-state index in [0.717, 1.165) is 0 Å². The number of quaternary nitrogens is 1. The summed E-state index contributed by atoms with van der Waals surface area (Å²) in [5.74, 6) is 0.977. The fourth-order valence-corrected chi connectivity index (χ4v) is 3.43. The van der Waals surface area contributed by atoms with Crippen molar-refractivity contribution in [2.24, 2.45) is 0 Å². The first-order valence-electron chi connectivity index (χ1n) is 6.95. The molecule has 0 aromatic heterocycles. The van der Waals surface area contributed by atoms with Crippen molar-refractivity contribution in [2.45, 2.75) is 24.9 Å². The molecule has 1 aliphatic heterocycles. The summed E-state index contributed by atoms with van der Waals surface area (Å²) in [5.41, 5.74) is 0.569. The zero-order valence-corrected chi connectivity index (χ0v) is 14.6. The van der Waals surface area contributed by atoms with Crippen LogP contribution in [0.4, 0.5) is 0 Å². The van der Waals surface area contributed by atoms with Crippen LogP contribution in [0.1, 0.15) is 24.4 Å². The summed E-state index contributed by atoms with van der Waals surface area (Å²) in [6, 6.07) is 0.237. The number of methoxy groups -OCH3 is 3. The van der Waals surface area contributed by atoms with Crippen molar-refractivity contribution in [1.29, 1.82) is 0 Å². The molecule has 128 valence electrons. The lowest BCUT2D eigenvalue weighted by Gasteiger charge is -2.36. The summed E-state index contributed by atoms with van der Waals surface area (Å²) in [6.45, 7) is 0. The Morgan fingerprint density at radius 1 is 1.30 bits per heavy atom. The van der Waals surface area contributed by atoms with Crippen LogP contribution in [0.3, 0.4) is 0 Å². The van der Waals surface area contributed by atoms with Crippen molar-refractivity contribution >= 4 is 21.8 Å². The topological polar surface area (TPSA) is 105 Å². The highest BCUT2D eigenvalue weighted by molar-refractivity contribution is 9.10. The van der Waals surface area contributed by atoms with E-state index in [1.165, 1.54) is 21.3 Å². The molecular weight excluding hydrogens is 372 g/mol. The average molecular weight is 391 g/mol. The normalized spacial score (nSPS) is 22.3. The van der Waals surface area contributed by atoms with Crippen molar-refractivity contribution in [3.8, 4) is 17.2 Å².